The molecule has 2 unspecified atom stereocenters. The average molecular weight is 443 g/mol. The van der Waals surface area contributed by atoms with Gasteiger partial charge < -0.3 is 10.3 Å². The molecule has 154 valence electrons. The van der Waals surface area contributed by atoms with Crippen molar-refractivity contribution < 1.29 is 9.59 Å². The number of amides is 3. The van der Waals surface area contributed by atoms with Gasteiger partial charge in [0.1, 0.15) is 22.7 Å². The standard InChI is InChI=1S/C22H20Cl2N4O2/c1-12-8-9-15(16(23)10-12)18-20(24)27-21(26-18)19(28-17(29)11-25-22(28)30)13(2)14-6-4-3-5-7-14/h3-10,13,19H,11H2,1-2H3,(H,25,30)(H,26,27). The molecule has 1 saturated heterocycles. The number of nitrogens with one attached hydrogen (secondary N) is 2. The molecule has 30 heavy (non-hydrogen) atoms. The minimum Gasteiger partial charge on any atom is -0.331 e. The lowest BCUT2D eigenvalue weighted by molar-refractivity contribution is -0.127. The summed E-state index contributed by atoms with van der Waals surface area (Å²) >= 11 is 12.9. The minimum atomic E-state index is -0.655. The first-order valence-electron chi connectivity index (χ1n) is 9.53. The number of benzene rings is 2. The Balaban J connectivity index is 1.82. The number of imide groups is 1. The Morgan fingerprint density at radius 2 is 1.83 bits per heavy atom. The number of H-pyrrole nitrogens is 1. The van der Waals surface area contributed by atoms with E-state index in [1.165, 1.54) is 4.90 Å². The predicted octanol–water partition coefficient (Wildman–Crippen LogP) is 5.09. The fourth-order valence-corrected chi connectivity index (χ4v) is 4.30. The number of halogens is 2. The fourth-order valence-electron chi connectivity index (χ4n) is 3.74. The van der Waals surface area contributed by atoms with Gasteiger partial charge in [-0.3, -0.25) is 9.69 Å². The third-order valence-corrected chi connectivity index (χ3v) is 5.88. The van der Waals surface area contributed by atoms with E-state index in [1.807, 2.05) is 62.4 Å². The molecule has 3 aromatic rings. The zero-order valence-electron chi connectivity index (χ0n) is 16.4. The topological polar surface area (TPSA) is 78.1 Å². The Hall–Kier alpha value is -2.83. The van der Waals surface area contributed by atoms with Crippen molar-refractivity contribution >= 4 is 35.1 Å². The van der Waals surface area contributed by atoms with E-state index in [4.69, 9.17) is 23.2 Å². The smallest absolute Gasteiger partial charge is 0.325 e. The summed E-state index contributed by atoms with van der Waals surface area (Å²) in [4.78, 5) is 34.0. The quantitative estimate of drug-likeness (QED) is 0.540. The highest BCUT2D eigenvalue weighted by atomic mass is 35.5. The molecule has 4 rings (SSSR count). The van der Waals surface area contributed by atoms with Crippen LogP contribution in [0.3, 0.4) is 0 Å². The molecule has 1 fully saturated rings. The molecule has 1 aromatic heterocycles. The average Bonchev–Trinajstić information content (AvgIpc) is 3.26. The van der Waals surface area contributed by atoms with Crippen LogP contribution in [0.1, 0.15) is 35.8 Å². The number of carbonyl (C=O) groups is 2. The van der Waals surface area contributed by atoms with Gasteiger partial charge in [-0.25, -0.2) is 9.78 Å². The van der Waals surface area contributed by atoms with E-state index in [-0.39, 0.29) is 18.4 Å². The van der Waals surface area contributed by atoms with E-state index < -0.39 is 12.1 Å². The van der Waals surface area contributed by atoms with Gasteiger partial charge in [-0.1, -0.05) is 72.6 Å². The van der Waals surface area contributed by atoms with Crippen LogP contribution in [0.15, 0.2) is 48.5 Å². The highest BCUT2D eigenvalue weighted by Crippen LogP contribution is 2.39. The van der Waals surface area contributed by atoms with Crippen molar-refractivity contribution in [1.82, 2.24) is 20.2 Å². The maximum absolute atomic E-state index is 12.5. The van der Waals surface area contributed by atoms with Crippen molar-refractivity contribution in [3.05, 3.63) is 75.7 Å². The number of hydrogen-bond acceptors (Lipinski definition) is 3. The Kier molecular flexibility index (Phi) is 5.54. The summed E-state index contributed by atoms with van der Waals surface area (Å²) in [7, 11) is 0. The molecule has 0 saturated carbocycles. The summed E-state index contributed by atoms with van der Waals surface area (Å²) in [5.74, 6) is -0.105. The first-order valence-corrected chi connectivity index (χ1v) is 10.3. The van der Waals surface area contributed by atoms with E-state index in [1.54, 1.807) is 0 Å². The Morgan fingerprint density at radius 1 is 1.10 bits per heavy atom. The number of urea groups is 1. The lowest BCUT2D eigenvalue weighted by Crippen LogP contribution is -2.38. The lowest BCUT2D eigenvalue weighted by Gasteiger charge is -2.29. The van der Waals surface area contributed by atoms with Gasteiger partial charge in [-0.2, -0.15) is 0 Å². The molecule has 2 aromatic carbocycles. The maximum Gasteiger partial charge on any atom is 0.325 e. The Labute approximate surface area is 184 Å². The molecule has 0 spiro atoms. The van der Waals surface area contributed by atoms with Crippen LogP contribution < -0.4 is 5.32 Å². The van der Waals surface area contributed by atoms with Crippen molar-refractivity contribution in [3.8, 4) is 11.3 Å². The van der Waals surface area contributed by atoms with Crippen LogP contribution in [0, 0.1) is 6.92 Å². The molecule has 6 nitrogen and oxygen atoms in total. The van der Waals surface area contributed by atoms with Crippen LogP contribution in [0.2, 0.25) is 10.2 Å². The lowest BCUT2D eigenvalue weighted by atomic mass is 9.91. The third kappa shape index (κ3) is 3.68. The van der Waals surface area contributed by atoms with Crippen LogP contribution >= 0.6 is 23.2 Å². The number of nitrogens with zero attached hydrogens (tertiary/aromatic N) is 2. The van der Waals surface area contributed by atoms with E-state index in [2.05, 4.69) is 15.3 Å². The summed E-state index contributed by atoms with van der Waals surface area (Å²) in [6.45, 7) is 3.86. The number of imidazole rings is 1. The first-order chi connectivity index (χ1) is 14.4. The highest BCUT2D eigenvalue weighted by molar-refractivity contribution is 6.35. The second-order valence-electron chi connectivity index (χ2n) is 7.33. The molecule has 1 aliphatic heterocycles. The molecule has 2 heterocycles. The predicted molar refractivity (Wildman–Crippen MR) is 117 cm³/mol. The van der Waals surface area contributed by atoms with Gasteiger partial charge in [0.25, 0.3) is 5.91 Å². The van der Waals surface area contributed by atoms with Crippen LogP contribution in [-0.2, 0) is 4.79 Å². The van der Waals surface area contributed by atoms with E-state index >= 15 is 0 Å². The normalized spacial score (nSPS) is 15.9. The van der Waals surface area contributed by atoms with Crippen LogP contribution in [0.4, 0.5) is 4.79 Å². The molecule has 2 N–H and O–H groups in total. The molecule has 2 atom stereocenters. The highest BCUT2D eigenvalue weighted by Gasteiger charge is 2.41. The SMILES string of the molecule is Cc1ccc(-c2nc(C(C(C)c3ccccc3)N3C(=O)CNC3=O)[nH]c2Cl)c(Cl)c1. The summed E-state index contributed by atoms with van der Waals surface area (Å²) in [6.07, 6.45) is 0. The summed E-state index contributed by atoms with van der Waals surface area (Å²) < 4.78 is 0. The number of carbonyl (C=O) groups excluding carboxylic acids is 2. The van der Waals surface area contributed by atoms with Gasteiger partial charge in [0.2, 0.25) is 0 Å². The Morgan fingerprint density at radius 3 is 2.47 bits per heavy atom. The van der Waals surface area contributed by atoms with E-state index in [0.29, 0.717) is 27.3 Å². The molecule has 0 aliphatic carbocycles. The Bertz CT molecular complexity index is 1100. The van der Waals surface area contributed by atoms with Crippen LogP contribution in [0.25, 0.3) is 11.3 Å². The van der Waals surface area contributed by atoms with Crippen molar-refractivity contribution in [2.24, 2.45) is 0 Å². The van der Waals surface area contributed by atoms with E-state index in [9.17, 15) is 9.59 Å². The zero-order valence-corrected chi connectivity index (χ0v) is 18.0. The maximum atomic E-state index is 12.5. The number of aromatic nitrogens is 2. The molecule has 0 radical (unpaired) electrons. The van der Waals surface area contributed by atoms with Gasteiger partial charge >= 0.3 is 6.03 Å². The molecule has 0 bridgehead atoms. The number of aromatic amines is 1. The number of aryl methyl sites for hydroxylation is 1. The second-order valence-corrected chi connectivity index (χ2v) is 8.12. The summed E-state index contributed by atoms with van der Waals surface area (Å²) in [6, 6.07) is 14.2. The number of hydrogen-bond donors (Lipinski definition) is 2. The fraction of sp³-hybridized carbons (Fsp3) is 0.227. The molecule has 1 aliphatic rings. The second kappa shape index (κ2) is 8.13. The summed E-state index contributed by atoms with van der Waals surface area (Å²) in [5, 5.41) is 3.41. The monoisotopic (exact) mass is 442 g/mol. The van der Waals surface area contributed by atoms with Gasteiger partial charge in [0, 0.05) is 11.5 Å². The molecular formula is C22H20Cl2N4O2. The third-order valence-electron chi connectivity index (χ3n) is 5.29. The largest absolute Gasteiger partial charge is 0.331 e. The van der Waals surface area contributed by atoms with Crippen molar-refractivity contribution in [2.45, 2.75) is 25.8 Å². The zero-order chi connectivity index (χ0) is 21.4. The van der Waals surface area contributed by atoms with Gasteiger partial charge in [0.05, 0.1) is 11.6 Å². The molecule has 3 amide bonds. The van der Waals surface area contributed by atoms with Crippen LogP contribution in [0.5, 0.6) is 0 Å². The van der Waals surface area contributed by atoms with Crippen molar-refractivity contribution in [1.29, 1.82) is 0 Å². The van der Waals surface area contributed by atoms with Crippen LogP contribution in [-0.4, -0.2) is 33.4 Å². The summed E-state index contributed by atoms with van der Waals surface area (Å²) in [5.41, 5.74) is 3.15. The van der Waals surface area contributed by atoms with Gasteiger partial charge in [-0.15, -0.1) is 0 Å². The first kappa shape index (κ1) is 20.4. The van der Waals surface area contributed by atoms with Gasteiger partial charge in [-0.05, 0) is 24.1 Å². The van der Waals surface area contributed by atoms with Crippen molar-refractivity contribution in [3.63, 3.8) is 0 Å². The molecule has 8 heteroatoms. The van der Waals surface area contributed by atoms with Crippen molar-refractivity contribution in [2.75, 3.05) is 6.54 Å². The van der Waals surface area contributed by atoms with Gasteiger partial charge in [0.15, 0.2) is 0 Å². The minimum absolute atomic E-state index is 0.0398. The number of rotatable bonds is 5. The van der Waals surface area contributed by atoms with E-state index in [0.717, 1.165) is 11.1 Å². The molecular weight excluding hydrogens is 423 g/mol.